The lowest BCUT2D eigenvalue weighted by Crippen LogP contribution is -2.54. The second-order valence-corrected chi connectivity index (χ2v) is 7.97. The van der Waals surface area contributed by atoms with E-state index in [1.165, 1.54) is 4.90 Å². The first-order valence-electron chi connectivity index (χ1n) is 9.93. The van der Waals surface area contributed by atoms with Gasteiger partial charge in [-0.15, -0.1) is 0 Å². The summed E-state index contributed by atoms with van der Waals surface area (Å²) in [6.45, 7) is 7.09. The Morgan fingerprint density at radius 3 is 2.27 bits per heavy atom. The van der Waals surface area contributed by atoms with Crippen molar-refractivity contribution in [2.75, 3.05) is 26.2 Å². The van der Waals surface area contributed by atoms with E-state index in [0.29, 0.717) is 49.1 Å². The van der Waals surface area contributed by atoms with Crippen LogP contribution in [0.15, 0.2) is 30.3 Å². The molecule has 2 aromatic rings. The molecule has 30 heavy (non-hydrogen) atoms. The molecule has 1 saturated heterocycles. The van der Waals surface area contributed by atoms with Crippen LogP contribution in [-0.4, -0.2) is 69.5 Å². The fourth-order valence-electron chi connectivity index (χ4n) is 3.40. The van der Waals surface area contributed by atoms with E-state index >= 15 is 0 Å². The molecule has 1 aliphatic heterocycles. The number of nitrogens with zero attached hydrogens (tertiary/aromatic N) is 4. The zero-order valence-corrected chi connectivity index (χ0v) is 18.1. The highest BCUT2D eigenvalue weighted by atomic mass is 35.5. The lowest BCUT2D eigenvalue weighted by molar-refractivity contribution is -0.147. The van der Waals surface area contributed by atoms with Gasteiger partial charge in [0.25, 0.3) is 5.91 Å². The molecule has 0 atom stereocenters. The van der Waals surface area contributed by atoms with Crippen molar-refractivity contribution in [3.8, 4) is 0 Å². The van der Waals surface area contributed by atoms with Gasteiger partial charge < -0.3 is 15.1 Å². The van der Waals surface area contributed by atoms with Crippen LogP contribution in [0.5, 0.6) is 0 Å². The van der Waals surface area contributed by atoms with E-state index in [1.807, 2.05) is 30.3 Å². The van der Waals surface area contributed by atoms with Crippen LogP contribution in [0.1, 0.15) is 35.5 Å². The number of amides is 3. The van der Waals surface area contributed by atoms with E-state index in [-0.39, 0.29) is 11.9 Å². The predicted molar refractivity (Wildman–Crippen MR) is 113 cm³/mol. The molecule has 0 aliphatic carbocycles. The first-order chi connectivity index (χ1) is 14.3. The van der Waals surface area contributed by atoms with Crippen molar-refractivity contribution >= 4 is 29.3 Å². The normalized spacial score (nSPS) is 14.2. The molecule has 3 amide bonds. The molecule has 160 valence electrons. The maximum atomic E-state index is 13.1. The number of nitrogens with one attached hydrogen (secondary N) is 1. The van der Waals surface area contributed by atoms with Crippen molar-refractivity contribution in [3.05, 3.63) is 52.3 Å². The zero-order chi connectivity index (χ0) is 21.8. The molecule has 0 unspecified atom stereocenters. The van der Waals surface area contributed by atoms with Gasteiger partial charge in [-0.1, -0.05) is 41.9 Å². The van der Waals surface area contributed by atoms with E-state index in [2.05, 4.69) is 10.4 Å². The molecule has 2 heterocycles. The van der Waals surface area contributed by atoms with E-state index in [9.17, 15) is 14.4 Å². The van der Waals surface area contributed by atoms with Crippen LogP contribution in [0.2, 0.25) is 5.15 Å². The van der Waals surface area contributed by atoms with E-state index < -0.39 is 11.8 Å². The number of carbonyl (C=O) groups is 3. The maximum absolute atomic E-state index is 13.1. The molecule has 1 aromatic heterocycles. The van der Waals surface area contributed by atoms with Gasteiger partial charge in [-0.2, -0.15) is 5.10 Å². The number of rotatable bonds is 4. The summed E-state index contributed by atoms with van der Waals surface area (Å²) in [5, 5.41) is 7.34. The summed E-state index contributed by atoms with van der Waals surface area (Å²) < 4.78 is 1.62. The first-order valence-corrected chi connectivity index (χ1v) is 10.3. The van der Waals surface area contributed by atoms with Gasteiger partial charge >= 0.3 is 11.8 Å². The predicted octanol–water partition coefficient (Wildman–Crippen LogP) is 1.70. The number of benzene rings is 1. The quantitative estimate of drug-likeness (QED) is 0.746. The summed E-state index contributed by atoms with van der Waals surface area (Å²) in [7, 11) is 0. The van der Waals surface area contributed by atoms with Crippen LogP contribution in [0.25, 0.3) is 0 Å². The van der Waals surface area contributed by atoms with Gasteiger partial charge in [0.15, 0.2) is 0 Å². The Morgan fingerprint density at radius 1 is 1.07 bits per heavy atom. The molecule has 1 aliphatic rings. The van der Waals surface area contributed by atoms with Crippen LogP contribution < -0.4 is 5.32 Å². The summed E-state index contributed by atoms with van der Waals surface area (Å²) in [5.41, 5.74) is 1.98. The standard InChI is InChI=1S/C21H26ClN5O3/c1-14(2)23-19(28)21(30)26-11-9-25(10-12-26)20(29)17-15(3)24-27(18(17)22)13-16-7-5-4-6-8-16/h4-8,14H,9-13H2,1-3H3,(H,23,28). The zero-order valence-electron chi connectivity index (χ0n) is 17.4. The van der Waals surface area contributed by atoms with Crippen molar-refractivity contribution in [2.45, 2.75) is 33.4 Å². The van der Waals surface area contributed by atoms with Crippen molar-refractivity contribution in [3.63, 3.8) is 0 Å². The molecule has 1 fully saturated rings. The number of halogens is 1. The SMILES string of the molecule is Cc1nn(Cc2ccccc2)c(Cl)c1C(=O)N1CCN(C(=O)C(=O)NC(C)C)CC1. The molecule has 0 radical (unpaired) electrons. The lowest BCUT2D eigenvalue weighted by Gasteiger charge is -2.34. The summed E-state index contributed by atoms with van der Waals surface area (Å²) in [5.74, 6) is -1.40. The Hall–Kier alpha value is -2.87. The molecular formula is C21H26ClN5O3. The topological polar surface area (TPSA) is 87.5 Å². The van der Waals surface area contributed by atoms with Gasteiger partial charge in [0.1, 0.15) is 5.15 Å². The molecular weight excluding hydrogens is 406 g/mol. The number of carbonyl (C=O) groups excluding carboxylic acids is 3. The third-order valence-electron chi connectivity index (χ3n) is 4.92. The molecule has 9 heteroatoms. The highest BCUT2D eigenvalue weighted by Gasteiger charge is 2.31. The molecule has 1 aromatic carbocycles. The molecule has 0 spiro atoms. The van der Waals surface area contributed by atoms with Crippen LogP contribution in [0, 0.1) is 6.92 Å². The first kappa shape index (κ1) is 21.8. The van der Waals surface area contributed by atoms with E-state index in [1.54, 1.807) is 30.4 Å². The van der Waals surface area contributed by atoms with Gasteiger partial charge in [-0.05, 0) is 26.3 Å². The highest BCUT2D eigenvalue weighted by molar-refractivity contribution is 6.35. The molecule has 8 nitrogen and oxygen atoms in total. The van der Waals surface area contributed by atoms with Gasteiger partial charge in [-0.25, -0.2) is 4.68 Å². The highest BCUT2D eigenvalue weighted by Crippen LogP contribution is 2.23. The number of hydrogen-bond acceptors (Lipinski definition) is 4. The van der Waals surface area contributed by atoms with Crippen molar-refractivity contribution in [2.24, 2.45) is 0 Å². The smallest absolute Gasteiger partial charge is 0.312 e. The number of aromatic nitrogens is 2. The van der Waals surface area contributed by atoms with E-state index in [4.69, 9.17) is 11.6 Å². The summed E-state index contributed by atoms with van der Waals surface area (Å²) >= 11 is 6.50. The van der Waals surface area contributed by atoms with Crippen molar-refractivity contribution < 1.29 is 14.4 Å². The van der Waals surface area contributed by atoms with Gasteiger partial charge in [0, 0.05) is 32.2 Å². The average Bonchev–Trinajstić information content (AvgIpc) is 3.00. The summed E-state index contributed by atoms with van der Waals surface area (Å²) in [6, 6.07) is 9.65. The second kappa shape index (κ2) is 9.30. The number of piperazine rings is 1. The molecule has 1 N–H and O–H groups in total. The summed E-state index contributed by atoms with van der Waals surface area (Å²) in [4.78, 5) is 40.3. The van der Waals surface area contributed by atoms with Crippen LogP contribution in [-0.2, 0) is 16.1 Å². The minimum Gasteiger partial charge on any atom is -0.346 e. The number of aryl methyl sites for hydroxylation is 1. The summed E-state index contributed by atoms with van der Waals surface area (Å²) in [6.07, 6.45) is 0. The molecule has 0 bridgehead atoms. The van der Waals surface area contributed by atoms with Crippen LogP contribution >= 0.6 is 11.6 Å². The van der Waals surface area contributed by atoms with Gasteiger partial charge in [-0.3, -0.25) is 14.4 Å². The van der Waals surface area contributed by atoms with Crippen LogP contribution in [0.3, 0.4) is 0 Å². The Morgan fingerprint density at radius 2 is 1.67 bits per heavy atom. The Kier molecular flexibility index (Phi) is 6.77. The largest absolute Gasteiger partial charge is 0.346 e. The Bertz CT molecular complexity index is 934. The fourth-order valence-corrected chi connectivity index (χ4v) is 3.71. The Balaban J connectivity index is 1.65. The van der Waals surface area contributed by atoms with Gasteiger partial charge in [0.2, 0.25) is 0 Å². The van der Waals surface area contributed by atoms with Crippen LogP contribution in [0.4, 0.5) is 0 Å². The third kappa shape index (κ3) is 4.81. The third-order valence-corrected chi connectivity index (χ3v) is 5.31. The fraction of sp³-hybridized carbons (Fsp3) is 0.429. The van der Waals surface area contributed by atoms with E-state index in [0.717, 1.165) is 5.56 Å². The Labute approximate surface area is 180 Å². The van der Waals surface area contributed by atoms with Crippen molar-refractivity contribution in [1.29, 1.82) is 0 Å². The minimum absolute atomic E-state index is 0.109. The minimum atomic E-state index is -0.620. The lowest BCUT2D eigenvalue weighted by atomic mass is 10.2. The monoisotopic (exact) mass is 431 g/mol. The maximum Gasteiger partial charge on any atom is 0.312 e. The van der Waals surface area contributed by atoms with Gasteiger partial charge in [0.05, 0.1) is 17.8 Å². The molecule has 3 rings (SSSR count). The second-order valence-electron chi connectivity index (χ2n) is 7.61. The average molecular weight is 432 g/mol. The molecule has 0 saturated carbocycles. The number of hydrogen-bond donors (Lipinski definition) is 1. The van der Waals surface area contributed by atoms with Crippen molar-refractivity contribution in [1.82, 2.24) is 24.9 Å².